The predicted molar refractivity (Wildman–Crippen MR) is 109 cm³/mol. The standard InChI is InChI=1S/C21H27N5O2/c1-25(2)18-6-4-16(5-7-18)19(27)26-12-8-21(9-13-26)14-17(15-28-21)24-20-22-10-3-11-23-20/h3-7,10-11,17H,8-9,12-15H2,1-2H3,(H,22,23,24). The largest absolute Gasteiger partial charge is 0.378 e. The van der Waals surface area contributed by atoms with E-state index in [9.17, 15) is 4.79 Å². The molecule has 1 atom stereocenters. The normalized spacial score (nSPS) is 20.9. The fourth-order valence-corrected chi connectivity index (χ4v) is 4.04. The monoisotopic (exact) mass is 381 g/mol. The zero-order valence-electron chi connectivity index (χ0n) is 16.5. The van der Waals surface area contributed by atoms with Crippen LogP contribution in [0.4, 0.5) is 11.6 Å². The second-order valence-electron chi connectivity index (χ2n) is 7.85. The second-order valence-corrected chi connectivity index (χ2v) is 7.85. The number of hydrogen-bond donors (Lipinski definition) is 1. The molecule has 7 heteroatoms. The van der Waals surface area contributed by atoms with Crippen LogP contribution in [0.2, 0.25) is 0 Å². The van der Waals surface area contributed by atoms with E-state index in [2.05, 4.69) is 15.3 Å². The first-order valence-corrected chi connectivity index (χ1v) is 9.79. The quantitative estimate of drug-likeness (QED) is 0.877. The van der Waals surface area contributed by atoms with E-state index >= 15 is 0 Å². The van der Waals surface area contributed by atoms with Crippen molar-refractivity contribution < 1.29 is 9.53 Å². The Bertz CT molecular complexity index is 801. The van der Waals surface area contributed by atoms with Gasteiger partial charge in [0.1, 0.15) is 0 Å². The number of nitrogens with one attached hydrogen (secondary N) is 1. The van der Waals surface area contributed by atoms with E-state index in [1.807, 2.05) is 48.2 Å². The molecule has 0 radical (unpaired) electrons. The molecule has 3 heterocycles. The van der Waals surface area contributed by atoms with E-state index in [1.165, 1.54) is 0 Å². The molecule has 2 saturated heterocycles. The number of amides is 1. The average molecular weight is 381 g/mol. The van der Waals surface area contributed by atoms with Gasteiger partial charge in [0.05, 0.1) is 18.2 Å². The molecular weight excluding hydrogens is 354 g/mol. The summed E-state index contributed by atoms with van der Waals surface area (Å²) in [5, 5.41) is 3.35. The molecule has 1 aromatic heterocycles. The molecule has 1 unspecified atom stereocenters. The van der Waals surface area contributed by atoms with Crippen molar-refractivity contribution in [1.82, 2.24) is 14.9 Å². The molecule has 148 valence electrons. The topological polar surface area (TPSA) is 70.6 Å². The number of nitrogens with zero attached hydrogens (tertiary/aromatic N) is 4. The molecule has 2 fully saturated rings. The maximum Gasteiger partial charge on any atom is 0.253 e. The molecule has 1 aromatic carbocycles. The van der Waals surface area contributed by atoms with Crippen LogP contribution < -0.4 is 10.2 Å². The van der Waals surface area contributed by atoms with Crippen molar-refractivity contribution in [3.63, 3.8) is 0 Å². The number of piperidine rings is 1. The summed E-state index contributed by atoms with van der Waals surface area (Å²) in [6.45, 7) is 2.10. The van der Waals surface area contributed by atoms with Gasteiger partial charge in [0, 0.05) is 50.8 Å². The molecule has 0 aliphatic carbocycles. The summed E-state index contributed by atoms with van der Waals surface area (Å²) < 4.78 is 6.18. The average Bonchev–Trinajstić information content (AvgIpc) is 3.11. The van der Waals surface area contributed by atoms with Crippen LogP contribution in [-0.2, 0) is 4.74 Å². The molecule has 2 aliphatic rings. The smallest absolute Gasteiger partial charge is 0.253 e. The number of ether oxygens (including phenoxy) is 1. The summed E-state index contributed by atoms with van der Waals surface area (Å²) in [6, 6.07) is 9.81. The molecule has 1 amide bonds. The number of carbonyl (C=O) groups is 1. The zero-order chi connectivity index (χ0) is 19.6. The van der Waals surface area contributed by atoms with Crippen molar-refractivity contribution in [2.75, 3.05) is 44.0 Å². The predicted octanol–water partition coefficient (Wildman–Crippen LogP) is 2.42. The minimum absolute atomic E-state index is 0.102. The SMILES string of the molecule is CN(C)c1ccc(C(=O)N2CCC3(CC2)CC(Nc2ncccn2)CO3)cc1. The van der Waals surface area contributed by atoms with Gasteiger partial charge in [-0.3, -0.25) is 4.79 Å². The van der Waals surface area contributed by atoms with Crippen molar-refractivity contribution in [2.45, 2.75) is 30.9 Å². The van der Waals surface area contributed by atoms with Crippen LogP contribution in [0.25, 0.3) is 0 Å². The van der Waals surface area contributed by atoms with Gasteiger partial charge in [-0.25, -0.2) is 9.97 Å². The maximum absolute atomic E-state index is 12.8. The Kier molecular flexibility index (Phi) is 5.17. The van der Waals surface area contributed by atoms with Crippen LogP contribution in [0.3, 0.4) is 0 Å². The van der Waals surface area contributed by atoms with Crippen molar-refractivity contribution in [3.8, 4) is 0 Å². The Hall–Kier alpha value is -2.67. The van der Waals surface area contributed by atoms with Crippen LogP contribution in [0.5, 0.6) is 0 Å². The number of carbonyl (C=O) groups excluding carboxylic acids is 1. The third-order valence-electron chi connectivity index (χ3n) is 5.70. The van der Waals surface area contributed by atoms with E-state index in [-0.39, 0.29) is 17.6 Å². The van der Waals surface area contributed by atoms with Gasteiger partial charge in [-0.1, -0.05) is 0 Å². The molecule has 4 rings (SSSR count). The first kappa shape index (κ1) is 18.7. The second kappa shape index (κ2) is 7.75. The molecule has 0 bridgehead atoms. The van der Waals surface area contributed by atoms with Crippen molar-refractivity contribution in [2.24, 2.45) is 0 Å². The summed E-state index contributed by atoms with van der Waals surface area (Å²) in [6.07, 6.45) is 6.11. The van der Waals surface area contributed by atoms with Crippen LogP contribution in [0, 0.1) is 0 Å². The van der Waals surface area contributed by atoms with Crippen molar-refractivity contribution >= 4 is 17.5 Å². The molecule has 2 aliphatic heterocycles. The molecule has 2 aromatic rings. The van der Waals surface area contributed by atoms with Crippen LogP contribution in [0.15, 0.2) is 42.7 Å². The van der Waals surface area contributed by atoms with Gasteiger partial charge in [0.25, 0.3) is 5.91 Å². The highest BCUT2D eigenvalue weighted by Gasteiger charge is 2.43. The lowest BCUT2D eigenvalue weighted by molar-refractivity contribution is -0.0388. The van der Waals surface area contributed by atoms with Crippen LogP contribution >= 0.6 is 0 Å². The van der Waals surface area contributed by atoms with Gasteiger partial charge in [-0.05, 0) is 49.6 Å². The fourth-order valence-electron chi connectivity index (χ4n) is 4.04. The van der Waals surface area contributed by atoms with Crippen LogP contribution in [0.1, 0.15) is 29.6 Å². The van der Waals surface area contributed by atoms with Crippen molar-refractivity contribution in [3.05, 3.63) is 48.3 Å². The highest BCUT2D eigenvalue weighted by atomic mass is 16.5. The van der Waals surface area contributed by atoms with E-state index in [4.69, 9.17) is 4.74 Å². The lowest BCUT2D eigenvalue weighted by Gasteiger charge is -2.38. The first-order valence-electron chi connectivity index (χ1n) is 9.79. The van der Waals surface area contributed by atoms with Crippen LogP contribution in [-0.4, -0.2) is 66.2 Å². The fraction of sp³-hybridized carbons (Fsp3) is 0.476. The van der Waals surface area contributed by atoms with Gasteiger partial charge in [0.2, 0.25) is 5.95 Å². The van der Waals surface area contributed by atoms with E-state index in [0.717, 1.165) is 43.6 Å². The number of likely N-dealkylation sites (tertiary alicyclic amines) is 1. The third-order valence-corrected chi connectivity index (χ3v) is 5.70. The van der Waals surface area contributed by atoms with E-state index in [1.54, 1.807) is 18.5 Å². The highest BCUT2D eigenvalue weighted by Crippen LogP contribution is 2.37. The highest BCUT2D eigenvalue weighted by molar-refractivity contribution is 5.94. The maximum atomic E-state index is 12.8. The third kappa shape index (κ3) is 3.94. The summed E-state index contributed by atoms with van der Waals surface area (Å²) in [5.41, 5.74) is 1.70. The number of rotatable bonds is 4. The van der Waals surface area contributed by atoms with E-state index < -0.39 is 0 Å². The molecule has 0 saturated carbocycles. The molecule has 1 spiro atoms. The summed E-state index contributed by atoms with van der Waals surface area (Å²) in [5.74, 6) is 0.743. The first-order chi connectivity index (χ1) is 13.5. The molecule has 28 heavy (non-hydrogen) atoms. The van der Waals surface area contributed by atoms with E-state index in [0.29, 0.717) is 12.6 Å². The summed E-state index contributed by atoms with van der Waals surface area (Å²) >= 11 is 0. The minimum atomic E-state index is -0.141. The number of anilines is 2. The summed E-state index contributed by atoms with van der Waals surface area (Å²) in [7, 11) is 3.99. The van der Waals surface area contributed by atoms with Gasteiger partial charge in [-0.2, -0.15) is 0 Å². The zero-order valence-corrected chi connectivity index (χ0v) is 16.5. The Labute approximate surface area is 165 Å². The van der Waals surface area contributed by atoms with Gasteiger partial charge >= 0.3 is 0 Å². The molecule has 1 N–H and O–H groups in total. The minimum Gasteiger partial charge on any atom is -0.378 e. The lowest BCUT2D eigenvalue weighted by atomic mass is 9.87. The number of aromatic nitrogens is 2. The van der Waals surface area contributed by atoms with Gasteiger partial charge < -0.3 is 19.9 Å². The Morgan fingerprint density at radius 2 is 1.86 bits per heavy atom. The Morgan fingerprint density at radius 1 is 1.18 bits per heavy atom. The lowest BCUT2D eigenvalue weighted by Crippen LogP contribution is -2.46. The Balaban J connectivity index is 1.32. The Morgan fingerprint density at radius 3 is 2.50 bits per heavy atom. The number of benzene rings is 1. The summed E-state index contributed by atoms with van der Waals surface area (Å²) in [4.78, 5) is 25.3. The van der Waals surface area contributed by atoms with Gasteiger partial charge in [-0.15, -0.1) is 0 Å². The van der Waals surface area contributed by atoms with Gasteiger partial charge in [0.15, 0.2) is 0 Å². The number of hydrogen-bond acceptors (Lipinski definition) is 6. The van der Waals surface area contributed by atoms with Crippen molar-refractivity contribution in [1.29, 1.82) is 0 Å². The molecule has 7 nitrogen and oxygen atoms in total. The molecular formula is C21H27N5O2.